The summed E-state index contributed by atoms with van der Waals surface area (Å²) in [6, 6.07) is 0. The summed E-state index contributed by atoms with van der Waals surface area (Å²) >= 11 is 0. The summed E-state index contributed by atoms with van der Waals surface area (Å²) in [4.78, 5) is 0. The van der Waals surface area contributed by atoms with Crippen molar-refractivity contribution in [3.63, 3.8) is 0 Å². The zero-order valence-corrected chi connectivity index (χ0v) is 5.50. The van der Waals surface area contributed by atoms with Crippen molar-refractivity contribution in [2.45, 2.75) is 19.5 Å². The molecule has 1 aliphatic carbocycles. The van der Waals surface area contributed by atoms with E-state index >= 15 is 0 Å². The first kappa shape index (κ1) is 7.38. The highest BCUT2D eigenvalue weighted by molar-refractivity contribution is 5.31. The Balaban J connectivity index is 2.66. The van der Waals surface area contributed by atoms with Crippen LogP contribution < -0.4 is 0 Å². The highest BCUT2D eigenvalue weighted by Gasteiger charge is 2.34. The molecule has 0 heterocycles. The van der Waals surface area contributed by atoms with E-state index in [0.717, 1.165) is 11.6 Å². The summed E-state index contributed by atoms with van der Waals surface area (Å²) in [5, 5.41) is 0. The van der Waals surface area contributed by atoms with Crippen LogP contribution in [0.25, 0.3) is 0 Å². The van der Waals surface area contributed by atoms with Gasteiger partial charge in [-0.15, -0.1) is 0 Å². The second-order valence-corrected chi connectivity index (χ2v) is 2.38. The van der Waals surface area contributed by atoms with Gasteiger partial charge >= 0.3 is 6.18 Å². The van der Waals surface area contributed by atoms with Crippen LogP contribution in [0.4, 0.5) is 13.2 Å². The normalized spacial score (nSPS) is 18.8. The average molecular weight is 148 g/mol. The molecule has 10 heavy (non-hydrogen) atoms. The minimum Gasteiger partial charge on any atom is -0.166 e. The molecule has 0 atom stereocenters. The molecular formula is C7H7F3. The monoisotopic (exact) mass is 148 g/mol. The summed E-state index contributed by atoms with van der Waals surface area (Å²) in [7, 11) is 0. The first-order valence-corrected chi connectivity index (χ1v) is 2.93. The predicted molar refractivity (Wildman–Crippen MR) is 32.5 cm³/mol. The molecule has 0 N–H and O–H groups in total. The highest BCUT2D eigenvalue weighted by atomic mass is 19.4. The van der Waals surface area contributed by atoms with Crippen LogP contribution >= 0.6 is 0 Å². The molecule has 1 rings (SSSR count). The minimum atomic E-state index is -4.13. The standard InChI is InChI=1S/C7H7F3/c1-5-2-3-6(4-5)7(8,9)10/h2-3H,4H2,1H3. The second kappa shape index (κ2) is 2.15. The summed E-state index contributed by atoms with van der Waals surface area (Å²) in [5.41, 5.74) is 0.331. The fourth-order valence-electron chi connectivity index (χ4n) is 0.856. The summed E-state index contributed by atoms with van der Waals surface area (Å²) < 4.78 is 35.5. The summed E-state index contributed by atoms with van der Waals surface area (Å²) in [6.07, 6.45) is -1.43. The maximum absolute atomic E-state index is 11.8. The van der Waals surface area contributed by atoms with Gasteiger partial charge in [-0.25, -0.2) is 0 Å². The van der Waals surface area contributed by atoms with Crippen LogP contribution in [0.2, 0.25) is 0 Å². The molecule has 1 aliphatic rings. The van der Waals surface area contributed by atoms with Gasteiger partial charge in [-0.2, -0.15) is 13.2 Å². The van der Waals surface area contributed by atoms with Gasteiger partial charge in [0, 0.05) is 5.57 Å². The van der Waals surface area contributed by atoms with E-state index in [9.17, 15) is 13.2 Å². The van der Waals surface area contributed by atoms with Crippen molar-refractivity contribution in [2.75, 3.05) is 0 Å². The molecule has 0 radical (unpaired) electrons. The van der Waals surface area contributed by atoms with Crippen LogP contribution in [-0.4, -0.2) is 6.18 Å². The Morgan fingerprint density at radius 2 is 1.90 bits per heavy atom. The topological polar surface area (TPSA) is 0 Å². The van der Waals surface area contributed by atoms with Crippen molar-refractivity contribution in [3.05, 3.63) is 23.3 Å². The fraction of sp³-hybridized carbons (Fsp3) is 0.429. The molecule has 3 heteroatoms. The largest absolute Gasteiger partial charge is 0.413 e. The molecule has 0 bridgehead atoms. The van der Waals surface area contributed by atoms with Crippen LogP contribution in [0.5, 0.6) is 0 Å². The van der Waals surface area contributed by atoms with E-state index in [1.807, 2.05) is 0 Å². The van der Waals surface area contributed by atoms with Gasteiger partial charge < -0.3 is 0 Å². The molecule has 0 saturated carbocycles. The molecule has 0 unspecified atom stereocenters. The molecule has 0 aromatic carbocycles. The Bertz CT molecular complexity index is 195. The molecule has 0 spiro atoms. The minimum absolute atomic E-state index is 0.0590. The molecule has 56 valence electrons. The lowest BCUT2D eigenvalue weighted by molar-refractivity contribution is -0.0927. The third-order valence-corrected chi connectivity index (χ3v) is 1.40. The van der Waals surface area contributed by atoms with Gasteiger partial charge in [0.1, 0.15) is 0 Å². The number of alkyl halides is 3. The van der Waals surface area contributed by atoms with Crippen LogP contribution in [0, 0.1) is 0 Å². The van der Waals surface area contributed by atoms with Crippen molar-refractivity contribution in [2.24, 2.45) is 0 Å². The second-order valence-electron chi connectivity index (χ2n) is 2.38. The lowest BCUT2D eigenvalue weighted by atomic mass is 10.2. The third-order valence-electron chi connectivity index (χ3n) is 1.40. The van der Waals surface area contributed by atoms with Crippen molar-refractivity contribution in [1.82, 2.24) is 0 Å². The fourth-order valence-corrected chi connectivity index (χ4v) is 0.856. The smallest absolute Gasteiger partial charge is 0.166 e. The maximum Gasteiger partial charge on any atom is 0.413 e. The van der Waals surface area contributed by atoms with Gasteiger partial charge in [0.15, 0.2) is 0 Å². The van der Waals surface area contributed by atoms with E-state index < -0.39 is 11.7 Å². The number of hydrogen-bond acceptors (Lipinski definition) is 0. The molecule has 0 saturated heterocycles. The van der Waals surface area contributed by atoms with E-state index in [-0.39, 0.29) is 6.42 Å². The van der Waals surface area contributed by atoms with Gasteiger partial charge in [0.25, 0.3) is 0 Å². The Labute approximate surface area is 57.0 Å². The Kier molecular flexibility index (Phi) is 1.58. The molecule has 0 aromatic rings. The Morgan fingerprint density at radius 3 is 2.10 bits per heavy atom. The lowest BCUT2D eigenvalue weighted by Gasteiger charge is -2.06. The van der Waals surface area contributed by atoms with Crippen molar-refractivity contribution in [3.8, 4) is 0 Å². The number of allylic oxidation sites excluding steroid dienone is 4. The Morgan fingerprint density at radius 1 is 1.30 bits per heavy atom. The molecule has 0 nitrogen and oxygen atoms in total. The van der Waals surface area contributed by atoms with Crippen LogP contribution in [0.3, 0.4) is 0 Å². The average Bonchev–Trinajstić information content (AvgIpc) is 2.11. The Hall–Kier alpha value is -0.730. The van der Waals surface area contributed by atoms with Gasteiger partial charge in [0.05, 0.1) is 0 Å². The first-order chi connectivity index (χ1) is 4.50. The number of hydrogen-bond donors (Lipinski definition) is 0. The van der Waals surface area contributed by atoms with Crippen LogP contribution in [0.15, 0.2) is 23.3 Å². The number of rotatable bonds is 0. The van der Waals surface area contributed by atoms with Crippen LogP contribution in [0.1, 0.15) is 13.3 Å². The van der Waals surface area contributed by atoms with Gasteiger partial charge in [-0.1, -0.05) is 17.7 Å². The van der Waals surface area contributed by atoms with Crippen molar-refractivity contribution >= 4 is 0 Å². The van der Waals surface area contributed by atoms with Crippen molar-refractivity contribution in [1.29, 1.82) is 0 Å². The molecule has 0 aromatic heterocycles. The van der Waals surface area contributed by atoms with Gasteiger partial charge in [0.2, 0.25) is 0 Å². The maximum atomic E-state index is 11.8. The van der Waals surface area contributed by atoms with Gasteiger partial charge in [-0.3, -0.25) is 0 Å². The summed E-state index contributed by atoms with van der Waals surface area (Å²) in [6.45, 7) is 1.69. The van der Waals surface area contributed by atoms with E-state index in [1.54, 1.807) is 6.92 Å². The van der Waals surface area contributed by atoms with Crippen LogP contribution in [-0.2, 0) is 0 Å². The van der Waals surface area contributed by atoms with Crippen molar-refractivity contribution < 1.29 is 13.2 Å². The SMILES string of the molecule is CC1=CC=C(C(F)(F)F)C1. The zero-order chi connectivity index (χ0) is 7.78. The summed E-state index contributed by atoms with van der Waals surface area (Å²) in [5.74, 6) is 0. The molecule has 0 fully saturated rings. The lowest BCUT2D eigenvalue weighted by Crippen LogP contribution is -2.09. The van der Waals surface area contributed by atoms with E-state index in [1.165, 1.54) is 6.08 Å². The first-order valence-electron chi connectivity index (χ1n) is 2.93. The predicted octanol–water partition coefficient (Wildman–Crippen LogP) is 2.83. The van der Waals surface area contributed by atoms with E-state index in [4.69, 9.17) is 0 Å². The molecule has 0 aliphatic heterocycles. The molecular weight excluding hydrogens is 141 g/mol. The van der Waals surface area contributed by atoms with E-state index in [2.05, 4.69) is 0 Å². The molecule has 0 amide bonds. The zero-order valence-electron chi connectivity index (χ0n) is 5.50. The number of halogens is 3. The highest BCUT2D eigenvalue weighted by Crippen LogP contribution is 2.33. The third kappa shape index (κ3) is 1.40. The quantitative estimate of drug-likeness (QED) is 0.495. The van der Waals surface area contributed by atoms with E-state index in [0.29, 0.717) is 0 Å². The van der Waals surface area contributed by atoms with Gasteiger partial charge in [-0.05, 0) is 13.3 Å².